The van der Waals surface area contributed by atoms with Gasteiger partial charge in [0.25, 0.3) is 5.91 Å². The van der Waals surface area contributed by atoms with E-state index in [-0.39, 0.29) is 0 Å². The van der Waals surface area contributed by atoms with Gasteiger partial charge in [-0.05, 0) is 18.2 Å². The van der Waals surface area contributed by atoms with Gasteiger partial charge < -0.3 is 10.2 Å². The van der Waals surface area contributed by atoms with Crippen LogP contribution in [0.2, 0.25) is 0 Å². The number of alkyl halides is 3. The van der Waals surface area contributed by atoms with Crippen molar-refractivity contribution in [2.75, 3.05) is 18.0 Å². The number of aromatic nitrogens is 4. The van der Waals surface area contributed by atoms with Crippen LogP contribution in [0.5, 0.6) is 0 Å². The topological polar surface area (TPSA) is 75.9 Å². The maximum Gasteiger partial charge on any atom is 0.417 e. The number of nitrogens with zero attached hydrogens (tertiary/aromatic N) is 5. The average Bonchev–Trinajstić information content (AvgIpc) is 3.20. The Balaban J connectivity index is 1.34. The SMILES string of the molecule is Cn1cc(-c2nnc(N3CC(NC(=O)c4ccc(F)cc4C(F)(F)F)C3)c3ccccc23)cn1. The number of anilines is 1. The first-order valence-electron chi connectivity index (χ1n) is 10.4. The number of rotatable bonds is 4. The Morgan fingerprint density at radius 1 is 1.09 bits per heavy atom. The van der Waals surface area contributed by atoms with Crippen molar-refractivity contribution in [2.24, 2.45) is 7.05 Å². The number of hydrogen-bond acceptors (Lipinski definition) is 5. The molecule has 34 heavy (non-hydrogen) atoms. The van der Waals surface area contributed by atoms with Crippen LogP contribution in [0.15, 0.2) is 54.9 Å². The standard InChI is InChI=1S/C23H18F4N6O/c1-32-10-13(9-28-32)20-16-4-2-3-5-17(16)21(31-30-20)33-11-15(12-33)29-22(34)18-7-6-14(24)8-19(18)23(25,26)27/h2-10,15H,11-12H2,1H3,(H,29,34). The zero-order chi connectivity index (χ0) is 24.0. The molecule has 3 heterocycles. The largest absolute Gasteiger partial charge is 0.417 e. The first kappa shape index (κ1) is 21.8. The van der Waals surface area contributed by atoms with Crippen molar-refractivity contribution in [3.63, 3.8) is 0 Å². The van der Waals surface area contributed by atoms with Crippen LogP contribution in [0, 0.1) is 5.82 Å². The zero-order valence-corrected chi connectivity index (χ0v) is 17.8. The molecule has 0 unspecified atom stereocenters. The summed E-state index contributed by atoms with van der Waals surface area (Å²) >= 11 is 0. The smallest absolute Gasteiger partial charge is 0.350 e. The van der Waals surface area contributed by atoms with E-state index >= 15 is 0 Å². The molecule has 1 saturated heterocycles. The molecule has 0 atom stereocenters. The van der Waals surface area contributed by atoms with Crippen LogP contribution >= 0.6 is 0 Å². The third kappa shape index (κ3) is 3.93. The molecule has 0 saturated carbocycles. The molecule has 4 aromatic rings. The molecule has 2 aromatic carbocycles. The minimum Gasteiger partial charge on any atom is -0.350 e. The van der Waals surface area contributed by atoms with Crippen molar-refractivity contribution in [1.29, 1.82) is 0 Å². The summed E-state index contributed by atoms with van der Waals surface area (Å²) < 4.78 is 54.7. The molecule has 1 aliphatic heterocycles. The Morgan fingerprint density at radius 2 is 1.82 bits per heavy atom. The molecule has 1 aliphatic rings. The Morgan fingerprint density at radius 3 is 2.50 bits per heavy atom. The van der Waals surface area contributed by atoms with E-state index in [0.29, 0.717) is 30.7 Å². The van der Waals surface area contributed by atoms with E-state index in [9.17, 15) is 22.4 Å². The first-order valence-corrected chi connectivity index (χ1v) is 10.4. The number of fused-ring (bicyclic) bond motifs is 1. The lowest BCUT2D eigenvalue weighted by atomic mass is 10.0. The van der Waals surface area contributed by atoms with E-state index in [0.717, 1.165) is 28.5 Å². The van der Waals surface area contributed by atoms with Gasteiger partial charge in [-0.3, -0.25) is 9.48 Å². The molecule has 2 aromatic heterocycles. The van der Waals surface area contributed by atoms with Crippen molar-refractivity contribution < 1.29 is 22.4 Å². The summed E-state index contributed by atoms with van der Waals surface area (Å²) in [6.45, 7) is 0.693. The number of benzene rings is 2. The van der Waals surface area contributed by atoms with Crippen LogP contribution < -0.4 is 10.2 Å². The third-order valence-corrected chi connectivity index (χ3v) is 5.69. The summed E-state index contributed by atoms with van der Waals surface area (Å²) in [5.41, 5.74) is -0.400. The summed E-state index contributed by atoms with van der Waals surface area (Å²) in [5, 5.41) is 17.3. The quantitative estimate of drug-likeness (QED) is 0.459. The number of carbonyl (C=O) groups excluding carboxylic acids is 1. The molecule has 0 aliphatic carbocycles. The lowest BCUT2D eigenvalue weighted by molar-refractivity contribution is -0.138. The third-order valence-electron chi connectivity index (χ3n) is 5.69. The fraction of sp³-hybridized carbons (Fsp3) is 0.217. The van der Waals surface area contributed by atoms with Gasteiger partial charge in [0.2, 0.25) is 0 Å². The maximum atomic E-state index is 13.3. The molecule has 174 valence electrons. The normalized spacial score (nSPS) is 14.3. The number of nitrogens with one attached hydrogen (secondary N) is 1. The van der Waals surface area contributed by atoms with Gasteiger partial charge in [-0.1, -0.05) is 24.3 Å². The van der Waals surface area contributed by atoms with Gasteiger partial charge in [-0.15, -0.1) is 10.2 Å². The second-order valence-corrected chi connectivity index (χ2v) is 8.08. The molecule has 0 radical (unpaired) electrons. The predicted molar refractivity (Wildman–Crippen MR) is 117 cm³/mol. The van der Waals surface area contributed by atoms with Crippen LogP contribution in [0.1, 0.15) is 15.9 Å². The number of aryl methyl sites for hydroxylation is 1. The van der Waals surface area contributed by atoms with E-state index in [4.69, 9.17) is 0 Å². The Labute approximate surface area is 191 Å². The van der Waals surface area contributed by atoms with Gasteiger partial charge in [0.15, 0.2) is 5.82 Å². The highest BCUT2D eigenvalue weighted by molar-refractivity contribution is 6.00. The number of hydrogen-bond donors (Lipinski definition) is 1. The number of amides is 1. The number of halogens is 4. The molecule has 5 rings (SSSR count). The second-order valence-electron chi connectivity index (χ2n) is 8.08. The van der Waals surface area contributed by atoms with Gasteiger partial charge in [-0.25, -0.2) is 4.39 Å². The minimum absolute atomic E-state index is 0.327. The Kier molecular flexibility index (Phi) is 5.18. The Bertz CT molecular complexity index is 1390. The average molecular weight is 470 g/mol. The molecule has 7 nitrogen and oxygen atoms in total. The molecule has 11 heteroatoms. The molecular formula is C23H18F4N6O. The van der Waals surface area contributed by atoms with Crippen LogP contribution in [0.3, 0.4) is 0 Å². The van der Waals surface area contributed by atoms with Crippen molar-refractivity contribution >= 4 is 22.5 Å². The van der Waals surface area contributed by atoms with E-state index in [2.05, 4.69) is 20.6 Å². The lowest BCUT2D eigenvalue weighted by Crippen LogP contribution is -2.60. The van der Waals surface area contributed by atoms with Crippen LogP contribution in [-0.2, 0) is 13.2 Å². The molecule has 1 N–H and O–H groups in total. The molecule has 1 fully saturated rings. The maximum absolute atomic E-state index is 13.3. The fourth-order valence-corrected chi connectivity index (χ4v) is 4.03. The van der Waals surface area contributed by atoms with Crippen molar-refractivity contribution in [3.05, 3.63) is 71.8 Å². The van der Waals surface area contributed by atoms with E-state index in [1.54, 1.807) is 10.9 Å². The second kappa shape index (κ2) is 8.08. The van der Waals surface area contributed by atoms with Gasteiger partial charge in [0.05, 0.1) is 23.4 Å². The summed E-state index contributed by atoms with van der Waals surface area (Å²) in [6.07, 6.45) is -1.29. The highest BCUT2D eigenvalue weighted by atomic mass is 19.4. The number of carbonyl (C=O) groups is 1. The molecular weight excluding hydrogens is 452 g/mol. The highest BCUT2D eigenvalue weighted by Gasteiger charge is 2.37. The van der Waals surface area contributed by atoms with Gasteiger partial charge in [-0.2, -0.15) is 18.3 Å². The van der Waals surface area contributed by atoms with Crippen LogP contribution in [0.25, 0.3) is 22.0 Å². The molecule has 1 amide bonds. The lowest BCUT2D eigenvalue weighted by Gasteiger charge is -2.40. The minimum atomic E-state index is -4.84. The van der Waals surface area contributed by atoms with E-state index in [1.807, 2.05) is 42.4 Å². The molecule has 0 bridgehead atoms. The summed E-state index contributed by atoms with van der Waals surface area (Å²) in [7, 11) is 1.81. The molecule has 0 spiro atoms. The van der Waals surface area contributed by atoms with E-state index < -0.39 is 35.1 Å². The van der Waals surface area contributed by atoms with Crippen molar-refractivity contribution in [2.45, 2.75) is 12.2 Å². The summed E-state index contributed by atoms with van der Waals surface area (Å²) in [5.74, 6) is -1.34. The van der Waals surface area contributed by atoms with Gasteiger partial charge in [0, 0.05) is 42.7 Å². The van der Waals surface area contributed by atoms with Crippen LogP contribution in [0.4, 0.5) is 23.4 Å². The highest BCUT2D eigenvalue weighted by Crippen LogP contribution is 2.34. The fourth-order valence-electron chi connectivity index (χ4n) is 4.03. The van der Waals surface area contributed by atoms with E-state index in [1.165, 1.54) is 0 Å². The summed E-state index contributed by atoms with van der Waals surface area (Å²) in [4.78, 5) is 14.4. The first-order chi connectivity index (χ1) is 16.2. The monoisotopic (exact) mass is 470 g/mol. The summed E-state index contributed by atoms with van der Waals surface area (Å²) in [6, 6.07) is 9.25. The Hall–Kier alpha value is -4.02. The van der Waals surface area contributed by atoms with Crippen molar-refractivity contribution in [3.8, 4) is 11.3 Å². The van der Waals surface area contributed by atoms with Gasteiger partial charge in [0.1, 0.15) is 11.5 Å². The van der Waals surface area contributed by atoms with Crippen LogP contribution in [-0.4, -0.2) is 45.0 Å². The zero-order valence-electron chi connectivity index (χ0n) is 17.8. The predicted octanol–water partition coefficient (Wildman–Crippen LogP) is 3.81. The van der Waals surface area contributed by atoms with Crippen molar-refractivity contribution in [1.82, 2.24) is 25.3 Å². The van der Waals surface area contributed by atoms with Gasteiger partial charge >= 0.3 is 6.18 Å².